The second kappa shape index (κ2) is 7.93. The Morgan fingerprint density at radius 2 is 1.75 bits per heavy atom. The third-order valence-electron chi connectivity index (χ3n) is 4.55. The van der Waals surface area contributed by atoms with Gasteiger partial charge in [-0.3, -0.25) is 9.59 Å². The minimum absolute atomic E-state index is 0.0117. The van der Waals surface area contributed by atoms with Gasteiger partial charge in [-0.2, -0.15) is 0 Å². The van der Waals surface area contributed by atoms with Crippen LogP contribution >= 0.6 is 11.8 Å². The molecule has 28 heavy (non-hydrogen) atoms. The second-order valence-corrected chi connectivity index (χ2v) is 7.22. The number of aromatic nitrogens is 3. The average Bonchev–Trinajstić information content (AvgIpc) is 3.48. The molecule has 0 aliphatic carbocycles. The molecule has 0 unspecified atom stereocenters. The van der Waals surface area contributed by atoms with Crippen molar-refractivity contribution in [2.24, 2.45) is 7.05 Å². The summed E-state index contributed by atoms with van der Waals surface area (Å²) < 4.78 is 12.3. The summed E-state index contributed by atoms with van der Waals surface area (Å²) in [6.07, 6.45) is 3.06. The minimum atomic E-state index is -0.143. The van der Waals surface area contributed by atoms with E-state index in [0.29, 0.717) is 48.7 Å². The average molecular weight is 401 g/mol. The monoisotopic (exact) mass is 401 g/mol. The molecule has 1 fully saturated rings. The van der Waals surface area contributed by atoms with Gasteiger partial charge < -0.3 is 23.2 Å². The molecule has 0 atom stereocenters. The maximum Gasteiger partial charge on any atom is 0.289 e. The number of carbonyl (C=O) groups is 2. The summed E-state index contributed by atoms with van der Waals surface area (Å²) >= 11 is 1.33. The molecular formula is C18H19N5O4S. The molecule has 3 aromatic rings. The second-order valence-electron chi connectivity index (χ2n) is 6.28. The highest BCUT2D eigenvalue weighted by Gasteiger charge is 2.26. The van der Waals surface area contributed by atoms with E-state index >= 15 is 0 Å². The summed E-state index contributed by atoms with van der Waals surface area (Å²) in [7, 11) is 1.84. The van der Waals surface area contributed by atoms with Crippen molar-refractivity contribution in [2.75, 3.05) is 31.9 Å². The Labute approximate surface area is 165 Å². The lowest BCUT2D eigenvalue weighted by Gasteiger charge is -2.34. The summed E-state index contributed by atoms with van der Waals surface area (Å²) in [4.78, 5) is 28.3. The molecule has 10 heteroatoms. The Balaban J connectivity index is 1.29. The third-order valence-corrected chi connectivity index (χ3v) is 5.56. The van der Waals surface area contributed by atoms with E-state index in [4.69, 9.17) is 8.83 Å². The van der Waals surface area contributed by atoms with Gasteiger partial charge in [0.05, 0.1) is 18.3 Å². The summed E-state index contributed by atoms with van der Waals surface area (Å²) in [5.41, 5.74) is 0. The summed E-state index contributed by atoms with van der Waals surface area (Å²) in [6.45, 7) is 1.98. The first kappa shape index (κ1) is 18.4. The summed E-state index contributed by atoms with van der Waals surface area (Å²) in [6, 6.07) is 6.94. The Morgan fingerprint density at radius 3 is 2.43 bits per heavy atom. The first-order valence-corrected chi connectivity index (χ1v) is 9.78. The van der Waals surface area contributed by atoms with E-state index in [1.165, 1.54) is 18.0 Å². The van der Waals surface area contributed by atoms with Crippen molar-refractivity contribution in [2.45, 2.75) is 5.16 Å². The highest BCUT2D eigenvalue weighted by molar-refractivity contribution is 7.99. The van der Waals surface area contributed by atoms with Crippen molar-refractivity contribution >= 4 is 23.6 Å². The van der Waals surface area contributed by atoms with Crippen LogP contribution in [0.3, 0.4) is 0 Å². The van der Waals surface area contributed by atoms with E-state index in [1.807, 2.05) is 13.1 Å². The fourth-order valence-electron chi connectivity index (χ4n) is 2.99. The van der Waals surface area contributed by atoms with E-state index in [9.17, 15) is 9.59 Å². The zero-order valence-corrected chi connectivity index (χ0v) is 16.1. The molecule has 4 heterocycles. The van der Waals surface area contributed by atoms with Crippen molar-refractivity contribution in [3.8, 4) is 11.6 Å². The maximum absolute atomic E-state index is 12.5. The van der Waals surface area contributed by atoms with Crippen molar-refractivity contribution in [3.63, 3.8) is 0 Å². The minimum Gasteiger partial charge on any atom is -0.461 e. The number of hydrogen-bond acceptors (Lipinski definition) is 7. The van der Waals surface area contributed by atoms with Gasteiger partial charge >= 0.3 is 0 Å². The number of amides is 2. The topological polar surface area (TPSA) is 97.6 Å². The zero-order valence-electron chi connectivity index (χ0n) is 15.3. The lowest BCUT2D eigenvalue weighted by molar-refractivity contribution is -0.129. The van der Waals surface area contributed by atoms with Crippen LogP contribution in [0.25, 0.3) is 11.6 Å². The molecule has 1 aliphatic rings. The van der Waals surface area contributed by atoms with E-state index in [1.54, 1.807) is 38.8 Å². The lowest BCUT2D eigenvalue weighted by Crippen LogP contribution is -2.51. The number of hydrogen-bond donors (Lipinski definition) is 0. The van der Waals surface area contributed by atoms with Gasteiger partial charge in [0.2, 0.25) is 5.91 Å². The number of piperazine rings is 1. The molecule has 1 aliphatic heterocycles. The number of carbonyl (C=O) groups excluding carboxylic acids is 2. The maximum atomic E-state index is 12.5. The molecule has 0 saturated carbocycles. The van der Waals surface area contributed by atoms with Gasteiger partial charge in [-0.05, 0) is 24.3 Å². The molecule has 0 radical (unpaired) electrons. The Bertz CT molecular complexity index is 943. The van der Waals surface area contributed by atoms with E-state index in [-0.39, 0.29) is 17.6 Å². The number of rotatable bonds is 5. The van der Waals surface area contributed by atoms with Crippen molar-refractivity contribution in [3.05, 3.63) is 42.6 Å². The van der Waals surface area contributed by atoms with Gasteiger partial charge in [0.1, 0.15) is 0 Å². The smallest absolute Gasteiger partial charge is 0.289 e. The molecule has 0 spiro atoms. The molecule has 3 aromatic heterocycles. The Kier molecular flexibility index (Phi) is 5.20. The molecular weight excluding hydrogens is 382 g/mol. The standard InChI is InChI=1S/C18H19N5O4S/c1-21-16(13-4-2-10-26-13)19-20-18(21)28-12-15(24)22-6-8-23(9-7-22)17(25)14-5-3-11-27-14/h2-5,10-11H,6-9,12H2,1H3. The number of thioether (sulfide) groups is 1. The molecule has 4 rings (SSSR count). The normalized spacial score (nSPS) is 14.5. The van der Waals surface area contributed by atoms with Crippen LogP contribution in [-0.4, -0.2) is 68.3 Å². The molecule has 0 N–H and O–H groups in total. The molecule has 146 valence electrons. The predicted molar refractivity (Wildman–Crippen MR) is 101 cm³/mol. The van der Waals surface area contributed by atoms with Gasteiger partial charge in [-0.15, -0.1) is 10.2 Å². The van der Waals surface area contributed by atoms with E-state index in [0.717, 1.165) is 0 Å². The van der Waals surface area contributed by atoms with Crippen LogP contribution < -0.4 is 0 Å². The fraction of sp³-hybridized carbons (Fsp3) is 0.333. The van der Waals surface area contributed by atoms with E-state index < -0.39 is 0 Å². The van der Waals surface area contributed by atoms with Gasteiger partial charge in [-0.1, -0.05) is 11.8 Å². The van der Waals surface area contributed by atoms with Gasteiger partial charge in [0, 0.05) is 33.2 Å². The largest absolute Gasteiger partial charge is 0.461 e. The Morgan fingerprint density at radius 1 is 1.04 bits per heavy atom. The third kappa shape index (κ3) is 3.68. The quantitative estimate of drug-likeness (QED) is 0.601. The highest BCUT2D eigenvalue weighted by atomic mass is 32.2. The SMILES string of the molecule is Cn1c(SCC(=O)N2CCN(C(=O)c3ccco3)CC2)nnc1-c1ccco1. The number of furan rings is 2. The van der Waals surface area contributed by atoms with Crippen LogP contribution in [0.1, 0.15) is 10.6 Å². The van der Waals surface area contributed by atoms with Crippen LogP contribution in [0.15, 0.2) is 50.8 Å². The summed E-state index contributed by atoms with van der Waals surface area (Å²) in [5.74, 6) is 1.70. The van der Waals surface area contributed by atoms with Gasteiger partial charge in [0.25, 0.3) is 5.91 Å². The van der Waals surface area contributed by atoms with E-state index in [2.05, 4.69) is 10.2 Å². The van der Waals surface area contributed by atoms with Crippen LogP contribution in [0.5, 0.6) is 0 Å². The van der Waals surface area contributed by atoms with Crippen molar-refractivity contribution in [1.82, 2.24) is 24.6 Å². The number of nitrogens with zero attached hydrogens (tertiary/aromatic N) is 5. The molecule has 1 saturated heterocycles. The van der Waals surface area contributed by atoms with Crippen LogP contribution in [-0.2, 0) is 11.8 Å². The van der Waals surface area contributed by atoms with Crippen molar-refractivity contribution < 1.29 is 18.4 Å². The van der Waals surface area contributed by atoms with Crippen LogP contribution in [0.2, 0.25) is 0 Å². The van der Waals surface area contributed by atoms with Gasteiger partial charge in [0.15, 0.2) is 22.5 Å². The lowest BCUT2D eigenvalue weighted by atomic mass is 10.3. The molecule has 0 aromatic carbocycles. The van der Waals surface area contributed by atoms with Crippen molar-refractivity contribution in [1.29, 1.82) is 0 Å². The van der Waals surface area contributed by atoms with Crippen LogP contribution in [0.4, 0.5) is 0 Å². The molecule has 9 nitrogen and oxygen atoms in total. The van der Waals surface area contributed by atoms with Gasteiger partial charge in [-0.25, -0.2) is 0 Å². The Hall–Kier alpha value is -3.01. The fourth-order valence-corrected chi connectivity index (χ4v) is 3.81. The predicted octanol–water partition coefficient (Wildman–Crippen LogP) is 1.74. The first-order valence-electron chi connectivity index (χ1n) is 8.80. The molecule has 0 bridgehead atoms. The zero-order chi connectivity index (χ0) is 19.5. The highest BCUT2D eigenvalue weighted by Crippen LogP contribution is 2.23. The summed E-state index contributed by atoms with van der Waals surface area (Å²) in [5, 5.41) is 8.90. The molecule has 2 amide bonds. The first-order chi connectivity index (χ1) is 13.6. The van der Waals surface area contributed by atoms with Crippen LogP contribution in [0, 0.1) is 0 Å².